The van der Waals surface area contributed by atoms with E-state index in [9.17, 15) is 9.46 Å². The van der Waals surface area contributed by atoms with Crippen LogP contribution in [-0.4, -0.2) is 24.2 Å². The van der Waals surface area contributed by atoms with Crippen molar-refractivity contribution in [2.75, 3.05) is 19.3 Å². The summed E-state index contributed by atoms with van der Waals surface area (Å²) in [6, 6.07) is 5.53. The van der Waals surface area contributed by atoms with Gasteiger partial charge in [-0.1, -0.05) is 48.5 Å². The van der Waals surface area contributed by atoms with Crippen LogP contribution in [0.5, 0.6) is 0 Å². The molecule has 0 spiro atoms. The van der Waals surface area contributed by atoms with Crippen molar-refractivity contribution < 1.29 is 14.0 Å². The molecular formula is C17H27Cl3NO3P. The number of nitrogens with one attached hydrogen (secondary N) is 1. The first-order chi connectivity index (χ1) is 11.5. The van der Waals surface area contributed by atoms with E-state index in [2.05, 4.69) is 5.32 Å². The summed E-state index contributed by atoms with van der Waals surface area (Å²) in [6.07, 6.45) is 6.70. The molecule has 1 aliphatic carbocycles. The maximum Gasteiger partial charge on any atom is 0.328 e. The van der Waals surface area contributed by atoms with Crippen LogP contribution in [0.3, 0.4) is 0 Å². The third kappa shape index (κ3) is 9.10. The van der Waals surface area contributed by atoms with Gasteiger partial charge in [-0.15, -0.1) is 12.4 Å². The molecule has 0 aromatic heterocycles. The summed E-state index contributed by atoms with van der Waals surface area (Å²) < 4.78 is 17.3. The molecular weight excluding hydrogens is 404 g/mol. The summed E-state index contributed by atoms with van der Waals surface area (Å²) in [5.74, 6) is 0.349. The van der Waals surface area contributed by atoms with E-state index in [1.165, 1.54) is 19.3 Å². The largest absolute Gasteiger partial charge is 0.328 e. The molecule has 0 amide bonds. The minimum atomic E-state index is -3.44. The molecule has 4 nitrogen and oxygen atoms in total. The Kier molecular flexibility index (Phi) is 11.0. The van der Waals surface area contributed by atoms with Crippen molar-refractivity contribution in [3.05, 3.63) is 33.8 Å². The second kappa shape index (κ2) is 11.8. The molecule has 1 unspecified atom stereocenters. The number of rotatable bonds is 9. The predicted octanol–water partition coefficient (Wildman–Crippen LogP) is 5.68. The average molecular weight is 431 g/mol. The first-order valence-corrected chi connectivity index (χ1v) is 11.1. The van der Waals surface area contributed by atoms with Crippen LogP contribution in [0.25, 0.3) is 0 Å². The van der Waals surface area contributed by atoms with Gasteiger partial charge < -0.3 is 14.7 Å². The Hall–Kier alpha value is 0.200. The van der Waals surface area contributed by atoms with Crippen molar-refractivity contribution in [2.24, 2.45) is 5.92 Å². The Balaban J connectivity index is 0.00000312. The third-order valence-corrected chi connectivity index (χ3v) is 6.62. The lowest BCUT2D eigenvalue weighted by Crippen LogP contribution is -2.17. The zero-order valence-electron chi connectivity index (χ0n) is 14.3. The Bertz CT molecular complexity index is 568. The molecule has 1 aromatic carbocycles. The molecule has 1 aromatic rings. The summed E-state index contributed by atoms with van der Waals surface area (Å²) in [4.78, 5) is 9.94. The van der Waals surface area contributed by atoms with Gasteiger partial charge in [0, 0.05) is 6.54 Å². The average Bonchev–Trinajstić information content (AvgIpc) is 2.54. The molecule has 1 aliphatic rings. The fraction of sp³-hybridized carbons (Fsp3) is 0.647. The molecule has 1 saturated carbocycles. The molecule has 0 radical (unpaired) electrons. The highest BCUT2D eigenvalue weighted by atomic mass is 35.5. The maximum atomic E-state index is 12.1. The van der Waals surface area contributed by atoms with Gasteiger partial charge in [-0.2, -0.15) is 0 Å². The van der Waals surface area contributed by atoms with Crippen LogP contribution in [0, 0.1) is 5.92 Å². The maximum absolute atomic E-state index is 12.1. The smallest absolute Gasteiger partial charge is 0.324 e. The van der Waals surface area contributed by atoms with E-state index < -0.39 is 7.60 Å². The van der Waals surface area contributed by atoms with Crippen LogP contribution in [0.2, 0.25) is 10.0 Å². The highest BCUT2D eigenvalue weighted by molar-refractivity contribution is 7.52. The van der Waals surface area contributed by atoms with Crippen LogP contribution in [0.1, 0.15) is 44.1 Å². The second-order valence-electron chi connectivity index (χ2n) is 6.44. The zero-order valence-corrected chi connectivity index (χ0v) is 17.5. The van der Waals surface area contributed by atoms with E-state index in [0.717, 1.165) is 18.4 Å². The van der Waals surface area contributed by atoms with Gasteiger partial charge >= 0.3 is 7.60 Å². The minimum absolute atomic E-state index is 0. The minimum Gasteiger partial charge on any atom is -0.324 e. The first-order valence-electron chi connectivity index (χ1n) is 8.57. The van der Waals surface area contributed by atoms with Crippen molar-refractivity contribution in [1.29, 1.82) is 0 Å². The van der Waals surface area contributed by atoms with Gasteiger partial charge in [0.25, 0.3) is 0 Å². The number of hydrogen-bond acceptors (Lipinski definition) is 3. The molecule has 25 heavy (non-hydrogen) atoms. The monoisotopic (exact) mass is 429 g/mol. The molecule has 8 heteroatoms. The van der Waals surface area contributed by atoms with Crippen molar-refractivity contribution in [1.82, 2.24) is 5.32 Å². The number of halogens is 3. The van der Waals surface area contributed by atoms with E-state index in [-0.39, 0.29) is 12.4 Å². The number of benzene rings is 1. The quantitative estimate of drug-likeness (QED) is 0.391. The fourth-order valence-electron chi connectivity index (χ4n) is 3.04. The summed E-state index contributed by atoms with van der Waals surface area (Å²) in [5.41, 5.74) is 1.05. The highest BCUT2D eigenvalue weighted by Crippen LogP contribution is 2.46. The van der Waals surface area contributed by atoms with Gasteiger partial charge in [0.15, 0.2) is 0 Å². The first kappa shape index (κ1) is 23.2. The van der Waals surface area contributed by atoms with Crippen LogP contribution < -0.4 is 5.32 Å². The lowest BCUT2D eigenvalue weighted by molar-refractivity contribution is 0.244. The van der Waals surface area contributed by atoms with Crippen molar-refractivity contribution >= 4 is 43.2 Å². The van der Waals surface area contributed by atoms with E-state index in [1.54, 1.807) is 6.07 Å². The normalized spacial score (nSPS) is 17.7. The molecule has 2 N–H and O–H groups in total. The lowest BCUT2D eigenvalue weighted by atomic mass is 9.91. The van der Waals surface area contributed by atoms with Gasteiger partial charge in [0.1, 0.15) is 0 Å². The Labute approximate surface area is 166 Å². The van der Waals surface area contributed by atoms with Gasteiger partial charge in [-0.05, 0) is 49.4 Å². The van der Waals surface area contributed by atoms with Crippen LogP contribution in [-0.2, 0) is 15.6 Å². The van der Waals surface area contributed by atoms with Crippen LogP contribution in [0.15, 0.2) is 18.2 Å². The van der Waals surface area contributed by atoms with E-state index in [4.69, 9.17) is 27.7 Å². The van der Waals surface area contributed by atoms with E-state index >= 15 is 0 Å². The van der Waals surface area contributed by atoms with Crippen LogP contribution >= 0.6 is 43.2 Å². The summed E-state index contributed by atoms with van der Waals surface area (Å²) >= 11 is 11.8. The topological polar surface area (TPSA) is 58.6 Å². The zero-order chi connectivity index (χ0) is 17.4. The molecule has 0 heterocycles. The lowest BCUT2D eigenvalue weighted by Gasteiger charge is -2.23. The molecule has 0 saturated heterocycles. The predicted molar refractivity (Wildman–Crippen MR) is 107 cm³/mol. The molecule has 1 fully saturated rings. The Morgan fingerprint density at radius 2 is 1.92 bits per heavy atom. The highest BCUT2D eigenvalue weighted by Gasteiger charge is 2.26. The molecule has 2 rings (SSSR count). The summed E-state index contributed by atoms with van der Waals surface area (Å²) in [7, 11) is -3.44. The summed E-state index contributed by atoms with van der Waals surface area (Å²) in [6.45, 7) is 1.69. The van der Waals surface area contributed by atoms with Gasteiger partial charge in [0.2, 0.25) is 0 Å². The number of hydrogen-bond donors (Lipinski definition) is 2. The Morgan fingerprint density at radius 3 is 2.60 bits per heavy atom. The van der Waals surface area contributed by atoms with Gasteiger partial charge in [-0.25, -0.2) is 0 Å². The van der Waals surface area contributed by atoms with Gasteiger partial charge in [-0.3, -0.25) is 4.57 Å². The molecule has 144 valence electrons. The van der Waals surface area contributed by atoms with E-state index in [1.807, 2.05) is 12.1 Å². The van der Waals surface area contributed by atoms with Gasteiger partial charge in [0.05, 0.1) is 22.8 Å². The standard InChI is InChI=1S/C17H26Cl2NO3P.ClH/c18-16-8-7-15(11-17(16)19)12-20-9-4-10-23-24(21,22)13-14-5-2-1-3-6-14;/h7-8,11,14,20H,1-6,9-10,12-13H2,(H,21,22);1H. The molecule has 0 aliphatic heterocycles. The summed E-state index contributed by atoms with van der Waals surface area (Å²) in [5, 5.41) is 4.35. The third-order valence-electron chi connectivity index (χ3n) is 4.32. The van der Waals surface area contributed by atoms with Crippen molar-refractivity contribution in [3.63, 3.8) is 0 Å². The van der Waals surface area contributed by atoms with Crippen molar-refractivity contribution in [3.8, 4) is 0 Å². The molecule has 0 bridgehead atoms. The Morgan fingerprint density at radius 1 is 1.20 bits per heavy atom. The molecule has 1 atom stereocenters. The van der Waals surface area contributed by atoms with E-state index in [0.29, 0.717) is 48.2 Å². The van der Waals surface area contributed by atoms with Crippen LogP contribution in [0.4, 0.5) is 0 Å². The van der Waals surface area contributed by atoms with Crippen molar-refractivity contribution in [2.45, 2.75) is 45.1 Å². The second-order valence-corrected chi connectivity index (χ2v) is 9.15. The fourth-order valence-corrected chi connectivity index (χ4v) is 4.89. The SMILES string of the molecule is Cl.O=P(O)(CC1CCCCC1)OCCCNCc1ccc(Cl)c(Cl)c1.